The van der Waals surface area contributed by atoms with E-state index in [1.807, 2.05) is 18.2 Å². The van der Waals surface area contributed by atoms with Crippen molar-refractivity contribution in [1.82, 2.24) is 9.97 Å². The molecule has 0 aromatic carbocycles. The van der Waals surface area contributed by atoms with Gasteiger partial charge < -0.3 is 5.73 Å². The van der Waals surface area contributed by atoms with Crippen molar-refractivity contribution in [2.75, 3.05) is 0 Å². The average molecular weight is 236 g/mol. The van der Waals surface area contributed by atoms with Gasteiger partial charge in [0.1, 0.15) is 0 Å². The van der Waals surface area contributed by atoms with Gasteiger partial charge in [-0.05, 0) is 24.3 Å². The highest BCUT2D eigenvalue weighted by Gasteiger charge is 2.02. The maximum Gasteiger partial charge on any atom is 0.250 e. The SMILES string of the molecule is Cl.NC(=O)c1ccc(-c2ccccn2)nc1. The van der Waals surface area contributed by atoms with Crippen LogP contribution in [0.1, 0.15) is 10.4 Å². The molecule has 0 unspecified atom stereocenters. The number of primary amides is 1. The van der Waals surface area contributed by atoms with E-state index in [0.29, 0.717) is 5.56 Å². The lowest BCUT2D eigenvalue weighted by Crippen LogP contribution is -2.11. The summed E-state index contributed by atoms with van der Waals surface area (Å²) in [4.78, 5) is 19.1. The molecule has 82 valence electrons. The molecule has 1 amide bonds. The van der Waals surface area contributed by atoms with Crippen molar-refractivity contribution in [2.45, 2.75) is 0 Å². The zero-order valence-electron chi connectivity index (χ0n) is 8.33. The van der Waals surface area contributed by atoms with Gasteiger partial charge in [-0.3, -0.25) is 14.8 Å². The average Bonchev–Trinajstić information content (AvgIpc) is 2.30. The number of carbonyl (C=O) groups excluding carboxylic acids is 1. The third-order valence-electron chi connectivity index (χ3n) is 1.98. The molecular formula is C11H10ClN3O. The van der Waals surface area contributed by atoms with Crippen molar-refractivity contribution in [3.8, 4) is 11.4 Å². The van der Waals surface area contributed by atoms with E-state index >= 15 is 0 Å². The Kier molecular flexibility index (Phi) is 3.96. The minimum atomic E-state index is -0.477. The summed E-state index contributed by atoms with van der Waals surface area (Å²) in [5, 5.41) is 0. The maximum absolute atomic E-state index is 10.8. The molecule has 0 spiro atoms. The number of carbonyl (C=O) groups is 1. The van der Waals surface area contributed by atoms with Gasteiger partial charge in [0.2, 0.25) is 5.91 Å². The van der Waals surface area contributed by atoms with Gasteiger partial charge in [-0.1, -0.05) is 6.07 Å². The summed E-state index contributed by atoms with van der Waals surface area (Å²) in [5.41, 5.74) is 7.00. The topological polar surface area (TPSA) is 68.9 Å². The molecule has 0 saturated carbocycles. The maximum atomic E-state index is 10.8. The molecule has 0 atom stereocenters. The Balaban J connectivity index is 0.00000128. The zero-order chi connectivity index (χ0) is 10.7. The molecule has 0 aliphatic heterocycles. The Bertz CT molecular complexity index is 470. The second kappa shape index (κ2) is 5.23. The number of pyridine rings is 2. The molecule has 0 aliphatic rings. The van der Waals surface area contributed by atoms with E-state index in [-0.39, 0.29) is 12.4 Å². The van der Waals surface area contributed by atoms with Crippen LogP contribution in [0.4, 0.5) is 0 Å². The predicted octanol–water partition coefficient (Wildman–Crippen LogP) is 1.66. The van der Waals surface area contributed by atoms with Crippen LogP contribution in [-0.4, -0.2) is 15.9 Å². The van der Waals surface area contributed by atoms with Gasteiger partial charge >= 0.3 is 0 Å². The van der Waals surface area contributed by atoms with Crippen LogP contribution < -0.4 is 5.73 Å². The summed E-state index contributed by atoms with van der Waals surface area (Å²) < 4.78 is 0. The van der Waals surface area contributed by atoms with E-state index in [4.69, 9.17) is 5.73 Å². The van der Waals surface area contributed by atoms with E-state index in [9.17, 15) is 4.79 Å². The smallest absolute Gasteiger partial charge is 0.250 e. The monoisotopic (exact) mass is 235 g/mol. The highest BCUT2D eigenvalue weighted by molar-refractivity contribution is 5.92. The molecule has 0 saturated heterocycles. The van der Waals surface area contributed by atoms with Crippen molar-refractivity contribution < 1.29 is 4.79 Å². The summed E-state index contributed by atoms with van der Waals surface area (Å²) in [6.45, 7) is 0. The quantitative estimate of drug-likeness (QED) is 0.861. The van der Waals surface area contributed by atoms with E-state index in [0.717, 1.165) is 11.4 Å². The van der Waals surface area contributed by atoms with Crippen molar-refractivity contribution in [2.24, 2.45) is 5.73 Å². The fraction of sp³-hybridized carbons (Fsp3) is 0. The minimum absolute atomic E-state index is 0. The second-order valence-corrected chi connectivity index (χ2v) is 3.01. The highest BCUT2D eigenvalue weighted by Crippen LogP contribution is 2.12. The normalized spacial score (nSPS) is 9.25. The molecule has 2 heterocycles. The van der Waals surface area contributed by atoms with Crippen LogP contribution >= 0.6 is 12.4 Å². The molecule has 2 rings (SSSR count). The number of hydrogen-bond acceptors (Lipinski definition) is 3. The first-order valence-electron chi connectivity index (χ1n) is 4.44. The molecule has 5 heteroatoms. The molecule has 2 aromatic heterocycles. The van der Waals surface area contributed by atoms with Crippen molar-refractivity contribution in [3.63, 3.8) is 0 Å². The fourth-order valence-corrected chi connectivity index (χ4v) is 1.21. The van der Waals surface area contributed by atoms with Gasteiger partial charge in [0.25, 0.3) is 0 Å². The molecular weight excluding hydrogens is 226 g/mol. The lowest BCUT2D eigenvalue weighted by molar-refractivity contribution is 0.1000. The molecule has 4 nitrogen and oxygen atoms in total. The molecule has 0 fully saturated rings. The first-order valence-corrected chi connectivity index (χ1v) is 4.44. The number of aromatic nitrogens is 2. The van der Waals surface area contributed by atoms with Crippen LogP contribution in [0.25, 0.3) is 11.4 Å². The first-order chi connectivity index (χ1) is 7.27. The lowest BCUT2D eigenvalue weighted by atomic mass is 10.2. The van der Waals surface area contributed by atoms with Crippen LogP contribution in [0.15, 0.2) is 42.7 Å². The van der Waals surface area contributed by atoms with E-state index < -0.39 is 5.91 Å². The molecule has 0 radical (unpaired) electrons. The van der Waals surface area contributed by atoms with Crippen LogP contribution in [0, 0.1) is 0 Å². The number of rotatable bonds is 2. The number of nitrogens with zero attached hydrogens (tertiary/aromatic N) is 2. The van der Waals surface area contributed by atoms with Gasteiger partial charge in [0, 0.05) is 12.4 Å². The number of amides is 1. The Morgan fingerprint density at radius 1 is 1.06 bits per heavy atom. The van der Waals surface area contributed by atoms with Crippen molar-refractivity contribution >= 4 is 18.3 Å². The summed E-state index contributed by atoms with van der Waals surface area (Å²) in [7, 11) is 0. The first kappa shape index (κ1) is 12.1. The van der Waals surface area contributed by atoms with E-state index in [1.165, 1.54) is 6.20 Å². The fourth-order valence-electron chi connectivity index (χ4n) is 1.21. The molecule has 16 heavy (non-hydrogen) atoms. The standard InChI is InChI=1S/C11H9N3O.ClH/c12-11(15)8-4-5-10(14-7-8)9-3-1-2-6-13-9;/h1-7H,(H2,12,15);1H. The van der Waals surface area contributed by atoms with Gasteiger partial charge in [0.15, 0.2) is 0 Å². The van der Waals surface area contributed by atoms with Crippen LogP contribution in [0.2, 0.25) is 0 Å². The third-order valence-corrected chi connectivity index (χ3v) is 1.98. The lowest BCUT2D eigenvalue weighted by Gasteiger charge is -1.99. The highest BCUT2D eigenvalue weighted by atomic mass is 35.5. The third kappa shape index (κ3) is 2.55. The van der Waals surface area contributed by atoms with Gasteiger partial charge in [-0.2, -0.15) is 0 Å². The molecule has 2 N–H and O–H groups in total. The predicted molar refractivity (Wildman–Crippen MR) is 63.2 cm³/mol. The van der Waals surface area contributed by atoms with Crippen LogP contribution in [-0.2, 0) is 0 Å². The second-order valence-electron chi connectivity index (χ2n) is 3.01. The van der Waals surface area contributed by atoms with E-state index in [1.54, 1.807) is 18.3 Å². The van der Waals surface area contributed by atoms with Crippen molar-refractivity contribution in [3.05, 3.63) is 48.3 Å². The van der Waals surface area contributed by atoms with Crippen molar-refractivity contribution in [1.29, 1.82) is 0 Å². The summed E-state index contributed by atoms with van der Waals surface area (Å²) >= 11 is 0. The summed E-state index contributed by atoms with van der Waals surface area (Å²) in [6.07, 6.45) is 3.14. The largest absolute Gasteiger partial charge is 0.366 e. The Morgan fingerprint density at radius 3 is 2.31 bits per heavy atom. The Hall–Kier alpha value is -1.94. The minimum Gasteiger partial charge on any atom is -0.366 e. The molecule has 2 aromatic rings. The van der Waals surface area contributed by atoms with E-state index in [2.05, 4.69) is 9.97 Å². The van der Waals surface area contributed by atoms with Crippen LogP contribution in [0.5, 0.6) is 0 Å². The molecule has 0 bridgehead atoms. The zero-order valence-corrected chi connectivity index (χ0v) is 9.15. The molecule has 0 aliphatic carbocycles. The van der Waals surface area contributed by atoms with Gasteiger partial charge in [-0.15, -0.1) is 12.4 Å². The van der Waals surface area contributed by atoms with Gasteiger partial charge in [-0.25, -0.2) is 0 Å². The Morgan fingerprint density at radius 2 is 1.81 bits per heavy atom. The Labute approximate surface area is 98.9 Å². The van der Waals surface area contributed by atoms with Crippen LogP contribution in [0.3, 0.4) is 0 Å². The number of nitrogens with two attached hydrogens (primary N) is 1. The number of hydrogen-bond donors (Lipinski definition) is 1. The number of halogens is 1. The summed E-state index contributed by atoms with van der Waals surface area (Å²) in [5.74, 6) is -0.477. The van der Waals surface area contributed by atoms with Gasteiger partial charge in [0.05, 0.1) is 17.0 Å². The summed E-state index contributed by atoms with van der Waals surface area (Å²) in [6, 6.07) is 8.93.